The zero-order valence-corrected chi connectivity index (χ0v) is 15.6. The number of amides is 2. The summed E-state index contributed by atoms with van der Waals surface area (Å²) in [5, 5.41) is 4.16. The molecule has 7 nitrogen and oxygen atoms in total. The highest BCUT2D eigenvalue weighted by Gasteiger charge is 2.47. The summed E-state index contributed by atoms with van der Waals surface area (Å²) in [6.07, 6.45) is 7.15. The number of benzene rings is 1. The Hall–Kier alpha value is -2.96. The molecule has 146 valence electrons. The molecule has 1 aliphatic heterocycles. The Balaban J connectivity index is 1.26. The van der Waals surface area contributed by atoms with E-state index in [0.717, 1.165) is 36.9 Å². The third kappa shape index (κ3) is 3.69. The summed E-state index contributed by atoms with van der Waals surface area (Å²) < 4.78 is 7.04. The lowest BCUT2D eigenvalue weighted by atomic mass is 9.81. The molecular weight excluding hydrogens is 358 g/mol. The third-order valence-electron chi connectivity index (χ3n) is 5.58. The summed E-state index contributed by atoms with van der Waals surface area (Å²) in [5.41, 5.74) is 1.79. The summed E-state index contributed by atoms with van der Waals surface area (Å²) in [4.78, 5) is 38.2. The third-order valence-corrected chi connectivity index (χ3v) is 5.58. The Morgan fingerprint density at radius 1 is 1.07 bits per heavy atom. The number of esters is 1. The summed E-state index contributed by atoms with van der Waals surface area (Å²) in [7, 11) is 0. The largest absolute Gasteiger partial charge is 0.461 e. The van der Waals surface area contributed by atoms with Gasteiger partial charge in [-0.3, -0.25) is 19.3 Å². The van der Waals surface area contributed by atoms with Crippen molar-refractivity contribution >= 4 is 17.8 Å². The number of aromatic nitrogens is 2. The van der Waals surface area contributed by atoms with Gasteiger partial charge in [-0.15, -0.1) is 0 Å². The predicted molar refractivity (Wildman–Crippen MR) is 100 cm³/mol. The summed E-state index contributed by atoms with van der Waals surface area (Å²) in [6.45, 7) is 0.271. The van der Waals surface area contributed by atoms with Crippen LogP contribution in [0.25, 0.3) is 5.69 Å². The summed E-state index contributed by atoms with van der Waals surface area (Å²) >= 11 is 0. The van der Waals surface area contributed by atoms with E-state index in [4.69, 9.17) is 4.74 Å². The fourth-order valence-corrected chi connectivity index (χ4v) is 4.06. The molecule has 1 saturated carbocycles. The Kier molecular flexibility index (Phi) is 5.23. The number of hydrogen-bond donors (Lipinski definition) is 0. The second kappa shape index (κ2) is 7.96. The minimum absolute atomic E-state index is 0.0301. The first kappa shape index (κ1) is 18.4. The number of nitrogens with zero attached hydrogens (tertiary/aromatic N) is 3. The van der Waals surface area contributed by atoms with Crippen LogP contribution in [-0.2, 0) is 25.7 Å². The SMILES string of the molecule is O=C(CCN1C(=O)C2CCCCC2C1=O)OCc1ccc(-n2cccn2)cc1. The average Bonchev–Trinajstić information content (AvgIpc) is 3.34. The molecule has 0 N–H and O–H groups in total. The first-order valence-electron chi connectivity index (χ1n) is 9.73. The van der Waals surface area contributed by atoms with Gasteiger partial charge < -0.3 is 4.74 Å². The quantitative estimate of drug-likeness (QED) is 0.567. The van der Waals surface area contributed by atoms with Crippen molar-refractivity contribution in [2.75, 3.05) is 6.54 Å². The van der Waals surface area contributed by atoms with Crippen LogP contribution in [0.3, 0.4) is 0 Å². The number of ether oxygens (including phenoxy) is 1. The van der Waals surface area contributed by atoms with Crippen molar-refractivity contribution in [3.05, 3.63) is 48.3 Å². The van der Waals surface area contributed by atoms with E-state index in [1.165, 1.54) is 4.90 Å². The first-order chi connectivity index (χ1) is 13.6. The van der Waals surface area contributed by atoms with Crippen LogP contribution >= 0.6 is 0 Å². The number of fused-ring (bicyclic) bond motifs is 1. The maximum absolute atomic E-state index is 12.4. The highest BCUT2D eigenvalue weighted by molar-refractivity contribution is 6.05. The van der Waals surface area contributed by atoms with Gasteiger partial charge in [0, 0.05) is 18.9 Å². The molecule has 7 heteroatoms. The van der Waals surface area contributed by atoms with E-state index in [0.29, 0.717) is 0 Å². The number of likely N-dealkylation sites (tertiary alicyclic amines) is 1. The van der Waals surface area contributed by atoms with E-state index in [-0.39, 0.29) is 43.2 Å². The molecule has 1 aromatic heterocycles. The number of rotatable bonds is 6. The van der Waals surface area contributed by atoms with Crippen molar-refractivity contribution in [1.29, 1.82) is 0 Å². The second-order valence-electron chi connectivity index (χ2n) is 7.35. The Labute approximate surface area is 163 Å². The molecule has 1 aliphatic carbocycles. The lowest BCUT2D eigenvalue weighted by Gasteiger charge is -2.19. The number of hydrogen-bond acceptors (Lipinski definition) is 5. The van der Waals surface area contributed by atoms with Gasteiger partial charge in [0.2, 0.25) is 11.8 Å². The van der Waals surface area contributed by atoms with Gasteiger partial charge in [0.25, 0.3) is 0 Å². The normalized spacial score (nSPS) is 21.6. The monoisotopic (exact) mass is 381 g/mol. The Morgan fingerprint density at radius 2 is 1.75 bits per heavy atom. The minimum Gasteiger partial charge on any atom is -0.461 e. The van der Waals surface area contributed by atoms with E-state index in [2.05, 4.69) is 5.10 Å². The highest BCUT2D eigenvalue weighted by atomic mass is 16.5. The Bertz CT molecular complexity index is 836. The molecule has 4 rings (SSSR count). The van der Waals surface area contributed by atoms with Crippen LogP contribution < -0.4 is 0 Å². The molecular formula is C21H23N3O4. The van der Waals surface area contributed by atoms with Gasteiger partial charge in [-0.05, 0) is 36.6 Å². The van der Waals surface area contributed by atoms with Crippen molar-refractivity contribution in [3.8, 4) is 5.69 Å². The minimum atomic E-state index is -0.411. The predicted octanol–water partition coefficient (Wildman–Crippen LogP) is 2.48. The van der Waals surface area contributed by atoms with E-state index < -0.39 is 5.97 Å². The molecule has 2 aliphatic rings. The molecule has 28 heavy (non-hydrogen) atoms. The number of carbonyl (C=O) groups excluding carboxylic acids is 3. The van der Waals surface area contributed by atoms with E-state index in [1.54, 1.807) is 10.9 Å². The van der Waals surface area contributed by atoms with Crippen molar-refractivity contribution in [3.63, 3.8) is 0 Å². The van der Waals surface area contributed by atoms with Crippen LogP contribution in [0.5, 0.6) is 0 Å². The Morgan fingerprint density at radius 3 is 2.36 bits per heavy atom. The van der Waals surface area contributed by atoms with Crippen LogP contribution in [-0.4, -0.2) is 39.0 Å². The van der Waals surface area contributed by atoms with Crippen molar-refractivity contribution in [2.45, 2.75) is 38.7 Å². The molecule has 1 aromatic carbocycles. The van der Waals surface area contributed by atoms with Crippen LogP contribution in [0, 0.1) is 11.8 Å². The van der Waals surface area contributed by atoms with Gasteiger partial charge in [-0.1, -0.05) is 25.0 Å². The lowest BCUT2D eigenvalue weighted by Crippen LogP contribution is -2.33. The molecule has 0 spiro atoms. The fraction of sp³-hybridized carbons (Fsp3) is 0.429. The molecule has 2 aromatic rings. The highest BCUT2D eigenvalue weighted by Crippen LogP contribution is 2.37. The van der Waals surface area contributed by atoms with Crippen LogP contribution in [0.2, 0.25) is 0 Å². The van der Waals surface area contributed by atoms with Crippen molar-refractivity contribution in [2.24, 2.45) is 11.8 Å². The molecule has 0 radical (unpaired) electrons. The van der Waals surface area contributed by atoms with Crippen molar-refractivity contribution in [1.82, 2.24) is 14.7 Å². The van der Waals surface area contributed by atoms with Gasteiger partial charge in [0.05, 0.1) is 23.9 Å². The molecule has 2 unspecified atom stereocenters. The van der Waals surface area contributed by atoms with E-state index in [9.17, 15) is 14.4 Å². The zero-order valence-electron chi connectivity index (χ0n) is 15.6. The fourth-order valence-electron chi connectivity index (χ4n) is 4.06. The maximum Gasteiger partial charge on any atom is 0.307 e. The van der Waals surface area contributed by atoms with Gasteiger partial charge in [-0.2, -0.15) is 5.10 Å². The number of carbonyl (C=O) groups is 3. The molecule has 0 bridgehead atoms. The smallest absolute Gasteiger partial charge is 0.307 e. The molecule has 2 heterocycles. The standard InChI is InChI=1S/C21H23N3O4/c25-19(10-13-23-20(26)17-4-1-2-5-18(17)21(23)27)28-14-15-6-8-16(9-7-15)24-12-3-11-22-24/h3,6-9,11-12,17-18H,1-2,4-5,10,13-14H2. The van der Waals surface area contributed by atoms with Gasteiger partial charge in [0.1, 0.15) is 6.61 Å². The summed E-state index contributed by atoms with van der Waals surface area (Å²) in [5.74, 6) is -0.990. The average molecular weight is 381 g/mol. The molecule has 1 saturated heterocycles. The topological polar surface area (TPSA) is 81.5 Å². The molecule has 2 fully saturated rings. The maximum atomic E-state index is 12.4. The number of imide groups is 1. The lowest BCUT2D eigenvalue weighted by molar-refractivity contribution is -0.146. The molecule has 2 amide bonds. The summed E-state index contributed by atoms with van der Waals surface area (Å²) in [6, 6.07) is 9.41. The van der Waals surface area contributed by atoms with Gasteiger partial charge >= 0.3 is 5.97 Å². The van der Waals surface area contributed by atoms with E-state index >= 15 is 0 Å². The molecule has 2 atom stereocenters. The van der Waals surface area contributed by atoms with Crippen LogP contribution in [0.1, 0.15) is 37.7 Å². The van der Waals surface area contributed by atoms with Crippen LogP contribution in [0.4, 0.5) is 0 Å². The second-order valence-corrected chi connectivity index (χ2v) is 7.35. The van der Waals surface area contributed by atoms with Crippen molar-refractivity contribution < 1.29 is 19.1 Å². The first-order valence-corrected chi connectivity index (χ1v) is 9.73. The zero-order chi connectivity index (χ0) is 19.5. The van der Waals surface area contributed by atoms with Gasteiger partial charge in [-0.25, -0.2) is 4.68 Å². The van der Waals surface area contributed by atoms with Gasteiger partial charge in [0.15, 0.2) is 0 Å². The van der Waals surface area contributed by atoms with E-state index in [1.807, 2.05) is 36.5 Å². The van der Waals surface area contributed by atoms with Crippen LogP contribution in [0.15, 0.2) is 42.7 Å².